The summed E-state index contributed by atoms with van der Waals surface area (Å²) in [5.41, 5.74) is 1.43. The molecule has 5 nitrogen and oxygen atoms in total. The number of benzene rings is 3. The van der Waals surface area contributed by atoms with Crippen molar-refractivity contribution in [2.24, 2.45) is 5.92 Å². The Kier molecular flexibility index (Phi) is 5.90. The third kappa shape index (κ3) is 4.25. The summed E-state index contributed by atoms with van der Waals surface area (Å²) < 4.78 is 0. The van der Waals surface area contributed by atoms with Crippen molar-refractivity contribution in [1.82, 2.24) is 10.2 Å². The van der Waals surface area contributed by atoms with Crippen LogP contribution in [0.3, 0.4) is 0 Å². The van der Waals surface area contributed by atoms with Gasteiger partial charge < -0.3 is 15.1 Å². The Bertz CT molecular complexity index is 1150. The minimum atomic E-state index is -0.456. The molecule has 170 valence electrons. The van der Waals surface area contributed by atoms with Gasteiger partial charge in [-0.25, -0.2) is 0 Å². The zero-order valence-electron chi connectivity index (χ0n) is 19.2. The molecule has 3 aromatic carbocycles. The molecule has 2 heterocycles. The number of rotatable bonds is 6. The lowest BCUT2D eigenvalue weighted by atomic mass is 9.85. The highest BCUT2D eigenvalue weighted by Gasteiger charge is 2.50. The van der Waals surface area contributed by atoms with Crippen molar-refractivity contribution < 1.29 is 9.59 Å². The maximum Gasteiger partial charge on any atom is 0.247 e. The molecule has 0 radical (unpaired) electrons. The molecular weight excluding hydrogens is 410 g/mol. The van der Waals surface area contributed by atoms with E-state index in [1.165, 1.54) is 0 Å². The average Bonchev–Trinajstić information content (AvgIpc) is 3.16. The van der Waals surface area contributed by atoms with Crippen LogP contribution in [0.15, 0.2) is 72.8 Å². The summed E-state index contributed by atoms with van der Waals surface area (Å²) >= 11 is 0. The molecule has 0 unspecified atom stereocenters. The first kappa shape index (κ1) is 21.7. The molecule has 2 aliphatic rings. The van der Waals surface area contributed by atoms with E-state index in [0.29, 0.717) is 13.1 Å². The van der Waals surface area contributed by atoms with Crippen LogP contribution in [0.2, 0.25) is 0 Å². The minimum Gasteiger partial charge on any atom is -0.339 e. The molecular formula is C28H31N3O2. The third-order valence-corrected chi connectivity index (χ3v) is 7.26. The van der Waals surface area contributed by atoms with E-state index in [2.05, 4.69) is 46.3 Å². The summed E-state index contributed by atoms with van der Waals surface area (Å²) in [6, 6.07) is 24.3. The Morgan fingerprint density at radius 1 is 0.970 bits per heavy atom. The number of para-hydroxylation sites is 1. The van der Waals surface area contributed by atoms with Gasteiger partial charge >= 0.3 is 0 Å². The number of likely N-dealkylation sites (tertiary alicyclic amines) is 1. The fourth-order valence-corrected chi connectivity index (χ4v) is 5.44. The van der Waals surface area contributed by atoms with E-state index < -0.39 is 5.54 Å². The summed E-state index contributed by atoms with van der Waals surface area (Å²) in [5, 5.41) is 5.33. The van der Waals surface area contributed by atoms with Gasteiger partial charge in [0.1, 0.15) is 5.54 Å². The first-order chi connectivity index (χ1) is 16.0. The highest BCUT2D eigenvalue weighted by molar-refractivity contribution is 6.00. The number of ketones is 1. The standard InChI is InChI=1S/C28H31N3O2/c1-21(17-26(32)24-12-11-22-7-5-6-8-23(22)18-24)19-30-15-13-28(14-16-30)27(33)29-20-31(28)25-9-3-2-4-10-25/h2-12,18,21H,13-17,19-20H2,1H3,(H,29,33)/t21-/m1/s1. The van der Waals surface area contributed by atoms with Crippen LogP contribution >= 0.6 is 0 Å². The fourth-order valence-electron chi connectivity index (χ4n) is 5.44. The number of carbonyl (C=O) groups is 2. The van der Waals surface area contributed by atoms with E-state index in [4.69, 9.17) is 0 Å². The number of amides is 1. The molecule has 0 saturated carbocycles. The number of nitrogens with zero attached hydrogens (tertiary/aromatic N) is 2. The van der Waals surface area contributed by atoms with Gasteiger partial charge in [-0.2, -0.15) is 0 Å². The Balaban J connectivity index is 1.19. The number of hydrogen-bond donors (Lipinski definition) is 1. The van der Waals surface area contributed by atoms with Crippen LogP contribution in [0.4, 0.5) is 5.69 Å². The normalized spacial score (nSPS) is 19.1. The lowest BCUT2D eigenvalue weighted by Gasteiger charge is -2.43. The number of anilines is 1. The van der Waals surface area contributed by atoms with Crippen LogP contribution in [0.5, 0.6) is 0 Å². The molecule has 3 aromatic rings. The maximum atomic E-state index is 12.9. The molecule has 5 rings (SSSR count). The Labute approximate surface area is 195 Å². The summed E-state index contributed by atoms with van der Waals surface area (Å²) in [5.74, 6) is 0.610. The van der Waals surface area contributed by atoms with E-state index in [1.807, 2.05) is 48.5 Å². The lowest BCUT2D eigenvalue weighted by molar-refractivity contribution is -0.125. The van der Waals surface area contributed by atoms with Gasteiger partial charge in [-0.3, -0.25) is 9.59 Å². The van der Waals surface area contributed by atoms with E-state index in [-0.39, 0.29) is 17.6 Å². The summed E-state index contributed by atoms with van der Waals surface area (Å²) in [4.78, 5) is 30.4. The Hall–Kier alpha value is -3.18. The number of piperidine rings is 1. The van der Waals surface area contributed by atoms with Gasteiger partial charge in [0.2, 0.25) is 5.91 Å². The van der Waals surface area contributed by atoms with Crippen molar-refractivity contribution in [1.29, 1.82) is 0 Å². The Morgan fingerprint density at radius 3 is 2.42 bits per heavy atom. The van der Waals surface area contributed by atoms with Crippen molar-refractivity contribution >= 4 is 28.2 Å². The van der Waals surface area contributed by atoms with Crippen molar-refractivity contribution in [2.75, 3.05) is 31.2 Å². The van der Waals surface area contributed by atoms with Gasteiger partial charge in [-0.05, 0) is 47.7 Å². The summed E-state index contributed by atoms with van der Waals surface area (Å²) in [7, 11) is 0. The molecule has 1 atom stereocenters. The van der Waals surface area contributed by atoms with Gasteiger partial charge in [-0.1, -0.05) is 61.5 Å². The van der Waals surface area contributed by atoms with E-state index >= 15 is 0 Å². The van der Waals surface area contributed by atoms with Crippen molar-refractivity contribution in [3.8, 4) is 0 Å². The van der Waals surface area contributed by atoms with Crippen molar-refractivity contribution in [3.05, 3.63) is 78.4 Å². The van der Waals surface area contributed by atoms with E-state index in [9.17, 15) is 9.59 Å². The molecule has 0 bridgehead atoms. The third-order valence-electron chi connectivity index (χ3n) is 7.26. The Morgan fingerprint density at radius 2 is 1.67 bits per heavy atom. The maximum absolute atomic E-state index is 12.9. The van der Waals surface area contributed by atoms with Crippen molar-refractivity contribution in [3.63, 3.8) is 0 Å². The van der Waals surface area contributed by atoms with Crippen LogP contribution in [0.25, 0.3) is 10.8 Å². The minimum absolute atomic E-state index is 0.144. The van der Waals surface area contributed by atoms with Gasteiger partial charge in [0.25, 0.3) is 0 Å². The number of nitrogens with one attached hydrogen (secondary N) is 1. The van der Waals surface area contributed by atoms with Crippen LogP contribution in [0, 0.1) is 5.92 Å². The highest BCUT2D eigenvalue weighted by atomic mass is 16.2. The molecule has 2 fully saturated rings. The summed E-state index contributed by atoms with van der Waals surface area (Å²) in [6.07, 6.45) is 2.15. The second kappa shape index (κ2) is 8.99. The SMILES string of the molecule is C[C@H](CC(=O)c1ccc2ccccc2c1)CN1CCC2(CC1)C(=O)NCN2c1ccccc1. The molecule has 5 heteroatoms. The number of Topliss-reactive ketones (excluding diaryl/α,β-unsaturated/α-hetero) is 1. The predicted octanol–water partition coefficient (Wildman–Crippen LogP) is 4.48. The van der Waals surface area contributed by atoms with Gasteiger partial charge in [0.05, 0.1) is 6.67 Å². The lowest BCUT2D eigenvalue weighted by Crippen LogP contribution is -2.56. The van der Waals surface area contributed by atoms with Gasteiger partial charge in [0, 0.05) is 37.3 Å². The molecule has 2 aliphatic heterocycles. The van der Waals surface area contributed by atoms with Gasteiger partial charge in [-0.15, -0.1) is 0 Å². The van der Waals surface area contributed by atoms with E-state index in [0.717, 1.165) is 54.5 Å². The van der Waals surface area contributed by atoms with Crippen LogP contribution < -0.4 is 10.2 Å². The zero-order valence-corrected chi connectivity index (χ0v) is 19.2. The number of fused-ring (bicyclic) bond motifs is 1. The molecule has 0 aromatic heterocycles. The predicted molar refractivity (Wildman–Crippen MR) is 132 cm³/mol. The second-order valence-electron chi connectivity index (χ2n) is 9.55. The van der Waals surface area contributed by atoms with Crippen LogP contribution in [0.1, 0.15) is 36.5 Å². The number of hydrogen-bond acceptors (Lipinski definition) is 4. The molecule has 1 amide bonds. The largest absolute Gasteiger partial charge is 0.339 e. The molecule has 1 N–H and O–H groups in total. The molecule has 1 spiro atoms. The molecule has 2 saturated heterocycles. The smallest absolute Gasteiger partial charge is 0.247 e. The topological polar surface area (TPSA) is 52.7 Å². The second-order valence-corrected chi connectivity index (χ2v) is 9.55. The van der Waals surface area contributed by atoms with Crippen LogP contribution in [-0.2, 0) is 4.79 Å². The first-order valence-corrected chi connectivity index (χ1v) is 11.9. The number of carbonyl (C=O) groups excluding carboxylic acids is 2. The molecule has 33 heavy (non-hydrogen) atoms. The quantitative estimate of drug-likeness (QED) is 0.573. The summed E-state index contributed by atoms with van der Waals surface area (Å²) in [6.45, 7) is 5.33. The van der Waals surface area contributed by atoms with E-state index in [1.54, 1.807) is 0 Å². The van der Waals surface area contributed by atoms with Crippen LogP contribution in [-0.4, -0.2) is 48.4 Å². The highest BCUT2D eigenvalue weighted by Crippen LogP contribution is 2.36. The fraction of sp³-hybridized carbons (Fsp3) is 0.357. The van der Waals surface area contributed by atoms with Gasteiger partial charge in [0.15, 0.2) is 5.78 Å². The molecule has 0 aliphatic carbocycles. The zero-order chi connectivity index (χ0) is 22.8. The first-order valence-electron chi connectivity index (χ1n) is 11.9. The monoisotopic (exact) mass is 441 g/mol. The van der Waals surface area contributed by atoms with Crippen molar-refractivity contribution in [2.45, 2.75) is 31.7 Å². The average molecular weight is 442 g/mol.